The zero-order valence-electron chi connectivity index (χ0n) is 27.7. The Morgan fingerprint density at radius 2 is 1.96 bits per heavy atom. The van der Waals surface area contributed by atoms with Crippen LogP contribution in [0.15, 0.2) is 79.3 Å². The average Bonchev–Trinajstić information content (AvgIpc) is 3.56. The van der Waals surface area contributed by atoms with E-state index in [0.29, 0.717) is 52.2 Å². The maximum Gasteiger partial charge on any atom is 0.259 e. The number of likely N-dealkylation sites (tertiary alicyclic amines) is 1. The molecule has 3 N–H and O–H groups in total. The van der Waals surface area contributed by atoms with E-state index in [4.69, 9.17) is 14.2 Å². The van der Waals surface area contributed by atoms with Crippen LogP contribution < -0.4 is 24.8 Å². The molecule has 262 valence electrons. The first-order valence-corrected chi connectivity index (χ1v) is 16.5. The van der Waals surface area contributed by atoms with Crippen LogP contribution in [0.25, 0.3) is 16.8 Å². The van der Waals surface area contributed by atoms with E-state index in [-0.39, 0.29) is 50.1 Å². The summed E-state index contributed by atoms with van der Waals surface area (Å²) in [5.74, 6) is -0.531. The Morgan fingerprint density at radius 1 is 1.08 bits per heavy atom. The van der Waals surface area contributed by atoms with E-state index in [1.54, 1.807) is 59.8 Å². The molecule has 0 aliphatic carbocycles. The Labute approximate surface area is 292 Å². The first kappa shape index (κ1) is 33.5. The average molecular weight is 695 g/mol. The lowest BCUT2D eigenvalue weighted by Gasteiger charge is -2.38. The predicted octanol–water partition coefficient (Wildman–Crippen LogP) is 3.18. The number of aliphatic hydroxyl groups is 1. The number of methoxy groups -OCH3 is 1. The fourth-order valence-electron chi connectivity index (χ4n) is 6.33. The highest BCUT2D eigenvalue weighted by molar-refractivity contribution is 6.00. The number of fused-ring (bicyclic) bond motifs is 9. The fraction of sp³-hybridized carbons (Fsp3) is 0.270. The Balaban J connectivity index is 1.23. The number of carbonyl (C=O) groups is 3. The third-order valence-electron chi connectivity index (χ3n) is 8.88. The summed E-state index contributed by atoms with van der Waals surface area (Å²) < 4.78 is 34.0. The van der Waals surface area contributed by atoms with Crippen LogP contribution in [0.4, 0.5) is 4.39 Å². The highest BCUT2D eigenvalue weighted by atomic mass is 19.1. The van der Waals surface area contributed by atoms with Crippen molar-refractivity contribution in [1.29, 1.82) is 0 Å². The number of halogens is 1. The molecular formula is C37H35FN6O7. The van der Waals surface area contributed by atoms with Gasteiger partial charge in [-0.3, -0.25) is 14.4 Å². The molecule has 13 nitrogen and oxygen atoms in total. The summed E-state index contributed by atoms with van der Waals surface area (Å²) >= 11 is 0. The van der Waals surface area contributed by atoms with E-state index in [2.05, 4.69) is 20.7 Å². The molecule has 0 unspecified atom stereocenters. The van der Waals surface area contributed by atoms with Crippen LogP contribution in [0.2, 0.25) is 0 Å². The van der Waals surface area contributed by atoms with Gasteiger partial charge in [0.15, 0.2) is 12.3 Å². The third-order valence-corrected chi connectivity index (χ3v) is 8.88. The number of rotatable bonds is 4. The first-order valence-electron chi connectivity index (χ1n) is 16.5. The maximum absolute atomic E-state index is 14.8. The van der Waals surface area contributed by atoms with E-state index in [1.807, 2.05) is 6.07 Å². The summed E-state index contributed by atoms with van der Waals surface area (Å²) in [6.07, 6.45) is 4.84. The van der Waals surface area contributed by atoms with Crippen LogP contribution in [0.1, 0.15) is 38.3 Å². The molecule has 0 radical (unpaired) electrons. The van der Waals surface area contributed by atoms with Crippen molar-refractivity contribution in [3.8, 4) is 28.4 Å². The summed E-state index contributed by atoms with van der Waals surface area (Å²) in [6, 6.07) is 15.6. The molecule has 3 amide bonds. The molecular weight excluding hydrogens is 659 g/mol. The molecule has 2 aromatic heterocycles. The van der Waals surface area contributed by atoms with Crippen molar-refractivity contribution in [2.75, 3.05) is 33.4 Å². The molecule has 14 heteroatoms. The second-order valence-electron chi connectivity index (χ2n) is 12.3. The Bertz CT molecular complexity index is 2120. The second kappa shape index (κ2) is 14.5. The molecule has 5 aromatic rings. The van der Waals surface area contributed by atoms with Gasteiger partial charge in [-0.15, -0.1) is 0 Å². The van der Waals surface area contributed by atoms with Crippen LogP contribution in [-0.2, 0) is 17.8 Å². The minimum Gasteiger partial charge on any atom is -0.496 e. The van der Waals surface area contributed by atoms with Crippen molar-refractivity contribution in [1.82, 2.24) is 30.1 Å². The predicted molar refractivity (Wildman–Crippen MR) is 182 cm³/mol. The number of nitrogens with one attached hydrogen (secondary N) is 2. The molecule has 2 aliphatic heterocycles. The SMILES string of the molecule is COc1ccc2cc1-c1cccc(c1)OCC(=O)NCc1cc(F)cc(c1)O[C@@H]1CCN(C(=O)c3cnn4cc(CCO)cnc34)C[C@H]1NC2=O. The number of amides is 3. The Morgan fingerprint density at radius 3 is 2.80 bits per heavy atom. The topological polar surface area (TPSA) is 157 Å². The van der Waals surface area contributed by atoms with Crippen LogP contribution in [-0.4, -0.2) is 87.9 Å². The molecule has 0 saturated carbocycles. The zero-order chi connectivity index (χ0) is 35.5. The second-order valence-corrected chi connectivity index (χ2v) is 12.3. The molecule has 0 spiro atoms. The smallest absolute Gasteiger partial charge is 0.259 e. The van der Waals surface area contributed by atoms with Crippen LogP contribution in [0, 0.1) is 5.82 Å². The number of benzene rings is 3. The Kier molecular flexibility index (Phi) is 9.49. The highest BCUT2D eigenvalue weighted by Crippen LogP contribution is 2.33. The normalized spacial score (nSPS) is 17.8. The number of hydrogen-bond donors (Lipinski definition) is 3. The largest absolute Gasteiger partial charge is 0.496 e. The number of piperidine rings is 1. The van der Waals surface area contributed by atoms with Crippen molar-refractivity contribution >= 4 is 23.4 Å². The van der Waals surface area contributed by atoms with Gasteiger partial charge in [0.1, 0.15) is 34.7 Å². The van der Waals surface area contributed by atoms with Crippen molar-refractivity contribution in [2.24, 2.45) is 0 Å². The third kappa shape index (κ3) is 7.31. The standard InChI is InChI=1S/C37H35FN6O7/c1-49-32-6-5-25-14-29(32)24-3-2-4-27(13-24)50-21-34(46)39-17-23-11-26(38)15-28(12-23)51-33-7-9-43(20-31(33)42-36(25)47)37(48)30-18-41-44-19-22(8-10-45)16-40-35(30)44/h2-6,11-16,18-19,31,33,45H,7-10,17,20-21H2,1H3,(H,39,46)(H,42,47)/t31-,33-/m1/s1. The molecule has 2 atom stereocenters. The molecule has 1 saturated heterocycles. The van der Waals surface area contributed by atoms with Gasteiger partial charge < -0.3 is 34.9 Å². The first-order chi connectivity index (χ1) is 24.8. The van der Waals surface area contributed by atoms with E-state index in [9.17, 15) is 23.9 Å². The van der Waals surface area contributed by atoms with Gasteiger partial charge in [0.2, 0.25) is 0 Å². The summed E-state index contributed by atoms with van der Waals surface area (Å²) in [7, 11) is 1.53. The summed E-state index contributed by atoms with van der Waals surface area (Å²) in [4.78, 5) is 46.5. The number of aliphatic hydroxyl groups excluding tert-OH is 1. The highest BCUT2D eigenvalue weighted by Gasteiger charge is 2.36. The minimum atomic E-state index is -0.711. The molecule has 3 aromatic carbocycles. The van der Waals surface area contributed by atoms with Crippen molar-refractivity contribution in [2.45, 2.75) is 31.5 Å². The monoisotopic (exact) mass is 694 g/mol. The lowest BCUT2D eigenvalue weighted by molar-refractivity contribution is -0.123. The molecule has 6 bridgehead atoms. The van der Waals surface area contributed by atoms with Gasteiger partial charge in [-0.25, -0.2) is 13.9 Å². The molecule has 7 rings (SSSR count). The van der Waals surface area contributed by atoms with Crippen molar-refractivity contribution < 1.29 is 38.1 Å². The zero-order valence-corrected chi connectivity index (χ0v) is 27.7. The fourth-order valence-corrected chi connectivity index (χ4v) is 6.33. The number of ether oxygens (including phenoxy) is 3. The lowest BCUT2D eigenvalue weighted by Crippen LogP contribution is -2.58. The van der Waals surface area contributed by atoms with Gasteiger partial charge in [0.25, 0.3) is 17.7 Å². The van der Waals surface area contributed by atoms with E-state index < -0.39 is 29.8 Å². The van der Waals surface area contributed by atoms with Gasteiger partial charge in [-0.1, -0.05) is 12.1 Å². The molecule has 2 aliphatic rings. The van der Waals surface area contributed by atoms with Crippen LogP contribution in [0.5, 0.6) is 17.2 Å². The minimum absolute atomic E-state index is 0.0294. The van der Waals surface area contributed by atoms with Gasteiger partial charge >= 0.3 is 0 Å². The van der Waals surface area contributed by atoms with Crippen molar-refractivity contribution in [3.63, 3.8) is 0 Å². The summed E-state index contributed by atoms with van der Waals surface area (Å²) in [6.45, 7) is 0.0726. The molecule has 4 heterocycles. The van der Waals surface area contributed by atoms with Gasteiger partial charge in [-0.2, -0.15) is 5.10 Å². The Hall–Kier alpha value is -6.02. The number of nitrogens with zero attached hydrogens (tertiary/aromatic N) is 4. The van der Waals surface area contributed by atoms with E-state index in [1.165, 1.54) is 30.0 Å². The summed E-state index contributed by atoms with van der Waals surface area (Å²) in [5, 5.41) is 19.4. The molecule has 51 heavy (non-hydrogen) atoms. The number of carbonyl (C=O) groups excluding carboxylic acids is 3. The van der Waals surface area contributed by atoms with E-state index in [0.717, 1.165) is 5.56 Å². The lowest BCUT2D eigenvalue weighted by atomic mass is 9.98. The maximum atomic E-state index is 14.8. The number of hydrogen-bond acceptors (Lipinski definition) is 9. The molecule has 1 fully saturated rings. The van der Waals surface area contributed by atoms with Gasteiger partial charge in [0.05, 0.1) is 19.3 Å². The van der Waals surface area contributed by atoms with Crippen LogP contribution >= 0.6 is 0 Å². The quantitative estimate of drug-likeness (QED) is 0.257. The number of aromatic nitrogens is 3. The van der Waals surface area contributed by atoms with Gasteiger partial charge in [-0.05, 0) is 65.6 Å². The van der Waals surface area contributed by atoms with E-state index >= 15 is 0 Å². The van der Waals surface area contributed by atoms with Crippen LogP contribution in [0.3, 0.4) is 0 Å². The van der Waals surface area contributed by atoms with Crippen molar-refractivity contribution in [3.05, 3.63) is 107 Å². The van der Waals surface area contributed by atoms with Gasteiger partial charge in [0, 0.05) is 62.2 Å². The summed E-state index contributed by atoms with van der Waals surface area (Å²) in [5.41, 5.74) is 3.54.